The third-order valence-corrected chi connectivity index (χ3v) is 4.70. The van der Waals surface area contributed by atoms with Gasteiger partial charge < -0.3 is 5.11 Å². The zero-order valence-corrected chi connectivity index (χ0v) is 12.5. The molecule has 2 nitrogen and oxygen atoms in total. The molecule has 0 atom stereocenters. The Morgan fingerprint density at radius 3 is 2.36 bits per heavy atom. The third kappa shape index (κ3) is 2.26. The largest absolute Gasteiger partial charge is 0.507 e. The number of rotatable bonds is 2. The van der Waals surface area contributed by atoms with Crippen LogP contribution in [0.15, 0.2) is 72.8 Å². The number of hydrogen-bond acceptors (Lipinski definition) is 3. The Kier molecular flexibility index (Phi) is 3.13. The number of aromatic nitrogens is 1. The molecule has 106 valence electrons. The van der Waals surface area contributed by atoms with E-state index in [1.54, 1.807) is 17.4 Å². The number of benzene rings is 3. The molecule has 22 heavy (non-hydrogen) atoms. The molecule has 0 aliphatic rings. The van der Waals surface area contributed by atoms with Crippen molar-refractivity contribution >= 4 is 21.6 Å². The van der Waals surface area contributed by atoms with Crippen molar-refractivity contribution in [2.45, 2.75) is 0 Å². The number of aromatic hydroxyl groups is 1. The summed E-state index contributed by atoms with van der Waals surface area (Å²) in [7, 11) is 0. The first-order chi connectivity index (χ1) is 10.8. The lowest BCUT2D eigenvalue weighted by Crippen LogP contribution is -1.82. The van der Waals surface area contributed by atoms with Gasteiger partial charge >= 0.3 is 0 Å². The molecule has 1 N–H and O–H groups in total. The van der Waals surface area contributed by atoms with Crippen LogP contribution in [0, 0.1) is 0 Å². The Labute approximate surface area is 132 Å². The van der Waals surface area contributed by atoms with Crippen molar-refractivity contribution < 1.29 is 5.11 Å². The first-order valence-electron chi connectivity index (χ1n) is 7.06. The number of phenols is 1. The van der Waals surface area contributed by atoms with E-state index in [9.17, 15) is 5.11 Å². The number of nitrogens with zero attached hydrogens (tertiary/aromatic N) is 1. The molecule has 0 unspecified atom stereocenters. The molecule has 0 fully saturated rings. The van der Waals surface area contributed by atoms with Crippen LogP contribution in [0.3, 0.4) is 0 Å². The van der Waals surface area contributed by atoms with Gasteiger partial charge in [0, 0.05) is 0 Å². The summed E-state index contributed by atoms with van der Waals surface area (Å²) in [5.74, 6) is 0.263. The summed E-state index contributed by atoms with van der Waals surface area (Å²) in [4.78, 5) is 4.64. The lowest BCUT2D eigenvalue weighted by atomic mass is 10.0. The van der Waals surface area contributed by atoms with E-state index in [1.165, 1.54) is 0 Å². The summed E-state index contributed by atoms with van der Waals surface area (Å²) in [6.45, 7) is 0. The summed E-state index contributed by atoms with van der Waals surface area (Å²) in [6.07, 6.45) is 0. The summed E-state index contributed by atoms with van der Waals surface area (Å²) >= 11 is 1.60. The molecule has 0 aliphatic heterocycles. The van der Waals surface area contributed by atoms with Gasteiger partial charge in [0.2, 0.25) is 0 Å². The van der Waals surface area contributed by atoms with E-state index in [-0.39, 0.29) is 5.75 Å². The van der Waals surface area contributed by atoms with Crippen molar-refractivity contribution in [1.29, 1.82) is 0 Å². The number of phenolic OH excluding ortho intramolecular Hbond substituents is 1. The molecule has 0 aliphatic carbocycles. The van der Waals surface area contributed by atoms with E-state index >= 15 is 0 Å². The summed E-state index contributed by atoms with van der Waals surface area (Å²) in [5, 5.41) is 11.1. The van der Waals surface area contributed by atoms with Gasteiger partial charge in [0.15, 0.2) is 0 Å². The highest BCUT2D eigenvalue weighted by molar-refractivity contribution is 7.21. The number of thiazole rings is 1. The molecule has 1 aromatic heterocycles. The van der Waals surface area contributed by atoms with Gasteiger partial charge in [-0.15, -0.1) is 11.3 Å². The van der Waals surface area contributed by atoms with Gasteiger partial charge in [-0.05, 0) is 35.4 Å². The van der Waals surface area contributed by atoms with Crippen LogP contribution in [0.25, 0.3) is 31.9 Å². The molecule has 0 bridgehead atoms. The lowest BCUT2D eigenvalue weighted by molar-refractivity contribution is 0.477. The van der Waals surface area contributed by atoms with E-state index in [4.69, 9.17) is 0 Å². The molecular formula is C19H13NOS. The van der Waals surface area contributed by atoms with Crippen molar-refractivity contribution in [2.75, 3.05) is 0 Å². The molecule has 0 saturated heterocycles. The van der Waals surface area contributed by atoms with Crippen molar-refractivity contribution in [3.8, 4) is 27.4 Å². The zero-order chi connectivity index (χ0) is 14.9. The smallest absolute Gasteiger partial charge is 0.128 e. The minimum Gasteiger partial charge on any atom is -0.507 e. The van der Waals surface area contributed by atoms with Crippen LogP contribution in [0.2, 0.25) is 0 Å². The van der Waals surface area contributed by atoms with Gasteiger partial charge in [-0.2, -0.15) is 0 Å². The van der Waals surface area contributed by atoms with Crippen LogP contribution in [0.1, 0.15) is 0 Å². The second-order valence-electron chi connectivity index (χ2n) is 5.08. The summed E-state index contributed by atoms with van der Waals surface area (Å²) < 4.78 is 1.13. The van der Waals surface area contributed by atoms with E-state index in [2.05, 4.69) is 23.2 Å². The van der Waals surface area contributed by atoms with Crippen molar-refractivity contribution in [3.05, 3.63) is 72.8 Å². The Morgan fingerprint density at radius 1 is 0.773 bits per heavy atom. The predicted octanol–water partition coefficient (Wildman–Crippen LogP) is 5.34. The third-order valence-electron chi connectivity index (χ3n) is 3.63. The Bertz CT molecular complexity index is 911. The van der Waals surface area contributed by atoms with Gasteiger partial charge in [-0.1, -0.05) is 48.5 Å². The highest BCUT2D eigenvalue weighted by Crippen LogP contribution is 2.37. The molecule has 0 spiro atoms. The highest BCUT2D eigenvalue weighted by Gasteiger charge is 2.11. The van der Waals surface area contributed by atoms with Crippen molar-refractivity contribution in [3.63, 3.8) is 0 Å². The Hall–Kier alpha value is -2.65. The number of para-hydroxylation sites is 1. The lowest BCUT2D eigenvalue weighted by Gasteiger charge is -2.06. The van der Waals surface area contributed by atoms with Gasteiger partial charge in [0.25, 0.3) is 0 Å². The molecule has 0 radical (unpaired) electrons. The fraction of sp³-hybridized carbons (Fsp3) is 0. The van der Waals surface area contributed by atoms with Gasteiger partial charge in [0.1, 0.15) is 10.8 Å². The zero-order valence-electron chi connectivity index (χ0n) is 11.7. The molecule has 1 heterocycles. The van der Waals surface area contributed by atoms with Crippen molar-refractivity contribution in [1.82, 2.24) is 4.98 Å². The van der Waals surface area contributed by atoms with E-state index < -0.39 is 0 Å². The van der Waals surface area contributed by atoms with E-state index in [1.807, 2.05) is 48.5 Å². The minimum atomic E-state index is 0.263. The second kappa shape index (κ2) is 5.28. The molecular weight excluding hydrogens is 290 g/mol. The first-order valence-corrected chi connectivity index (χ1v) is 7.87. The Balaban J connectivity index is 1.87. The molecule has 4 rings (SSSR count). The van der Waals surface area contributed by atoms with Gasteiger partial charge in [0.05, 0.1) is 15.8 Å². The molecule has 3 heteroatoms. The average Bonchev–Trinajstić information content (AvgIpc) is 3.00. The monoisotopic (exact) mass is 303 g/mol. The highest BCUT2D eigenvalue weighted by atomic mass is 32.1. The maximum absolute atomic E-state index is 10.2. The summed E-state index contributed by atoms with van der Waals surface area (Å²) in [6, 6.07) is 23.9. The Morgan fingerprint density at radius 2 is 1.55 bits per heavy atom. The topological polar surface area (TPSA) is 33.1 Å². The molecule has 4 aromatic rings. The number of fused-ring (bicyclic) bond motifs is 1. The van der Waals surface area contributed by atoms with Gasteiger partial charge in [-0.3, -0.25) is 0 Å². The SMILES string of the molecule is Oc1ccc(-c2ccccc2)cc1-c1nc2ccccc2s1. The van der Waals surface area contributed by atoms with Crippen molar-refractivity contribution in [2.24, 2.45) is 0 Å². The van der Waals surface area contributed by atoms with Crippen LogP contribution in [-0.2, 0) is 0 Å². The predicted molar refractivity (Wildman–Crippen MR) is 92.2 cm³/mol. The van der Waals surface area contributed by atoms with Crippen LogP contribution < -0.4 is 0 Å². The van der Waals surface area contributed by atoms with Crippen LogP contribution in [-0.4, -0.2) is 10.1 Å². The summed E-state index contributed by atoms with van der Waals surface area (Å²) in [5.41, 5.74) is 3.95. The molecule has 0 amide bonds. The number of hydrogen-bond donors (Lipinski definition) is 1. The minimum absolute atomic E-state index is 0.263. The quantitative estimate of drug-likeness (QED) is 0.542. The van der Waals surface area contributed by atoms with Crippen LogP contribution >= 0.6 is 11.3 Å². The molecule has 0 saturated carbocycles. The maximum Gasteiger partial charge on any atom is 0.128 e. The van der Waals surface area contributed by atoms with Crippen LogP contribution in [0.4, 0.5) is 0 Å². The van der Waals surface area contributed by atoms with E-state index in [0.717, 1.165) is 31.9 Å². The van der Waals surface area contributed by atoms with Crippen LogP contribution in [0.5, 0.6) is 5.75 Å². The normalized spacial score (nSPS) is 10.9. The molecule has 3 aromatic carbocycles. The standard InChI is InChI=1S/C19H13NOS/c21-17-11-10-14(13-6-2-1-3-7-13)12-15(17)19-20-16-8-4-5-9-18(16)22-19/h1-12,21H. The average molecular weight is 303 g/mol. The second-order valence-corrected chi connectivity index (χ2v) is 6.12. The van der Waals surface area contributed by atoms with Gasteiger partial charge in [-0.25, -0.2) is 4.98 Å². The first kappa shape index (κ1) is 13.0. The fourth-order valence-electron chi connectivity index (χ4n) is 2.50. The maximum atomic E-state index is 10.2. The van der Waals surface area contributed by atoms with E-state index in [0.29, 0.717) is 0 Å². The fourth-order valence-corrected chi connectivity index (χ4v) is 3.50.